The summed E-state index contributed by atoms with van der Waals surface area (Å²) in [5.41, 5.74) is 1.09. The first-order valence-electron chi connectivity index (χ1n) is 7.69. The van der Waals surface area contributed by atoms with Crippen LogP contribution in [0.4, 0.5) is 4.39 Å². The molecule has 0 fully saturated rings. The highest BCUT2D eigenvalue weighted by atomic mass is 19.1. The molecule has 4 aromatic rings. The molecule has 2 aromatic carbocycles. The highest BCUT2D eigenvalue weighted by molar-refractivity contribution is 5.77. The normalized spacial score (nSPS) is 11.1. The summed E-state index contributed by atoms with van der Waals surface area (Å²) < 4.78 is 20.2. The molecule has 0 saturated heterocycles. The molecule has 6 nitrogen and oxygen atoms in total. The van der Waals surface area contributed by atoms with E-state index in [0.29, 0.717) is 29.1 Å². The molecule has 0 bridgehead atoms. The first kappa shape index (κ1) is 15.2. The van der Waals surface area contributed by atoms with Gasteiger partial charge in [-0.25, -0.2) is 9.37 Å². The quantitative estimate of drug-likeness (QED) is 0.573. The predicted octanol–water partition coefficient (Wildman–Crippen LogP) is 2.56. The molecule has 0 aliphatic carbocycles. The van der Waals surface area contributed by atoms with Crippen molar-refractivity contribution in [1.82, 2.24) is 19.7 Å². The SMILES string of the molecule is O=c1c2ccc(F)cc2ncn1Cc1nnc(Cc2ccccc2)o1. The van der Waals surface area contributed by atoms with Gasteiger partial charge in [0.1, 0.15) is 12.4 Å². The van der Waals surface area contributed by atoms with Crippen LogP contribution in [0.5, 0.6) is 0 Å². The second-order valence-electron chi connectivity index (χ2n) is 5.59. The van der Waals surface area contributed by atoms with E-state index in [1.54, 1.807) is 0 Å². The van der Waals surface area contributed by atoms with Crippen LogP contribution in [0.25, 0.3) is 10.9 Å². The van der Waals surface area contributed by atoms with Gasteiger partial charge in [0.2, 0.25) is 11.8 Å². The van der Waals surface area contributed by atoms with Crippen molar-refractivity contribution in [2.75, 3.05) is 0 Å². The first-order chi connectivity index (χ1) is 12.2. The van der Waals surface area contributed by atoms with Gasteiger partial charge in [0.15, 0.2) is 0 Å². The van der Waals surface area contributed by atoms with Crippen molar-refractivity contribution in [3.8, 4) is 0 Å². The van der Waals surface area contributed by atoms with Crippen molar-refractivity contribution >= 4 is 10.9 Å². The zero-order chi connectivity index (χ0) is 17.2. The Bertz CT molecular complexity index is 1090. The Morgan fingerprint density at radius 1 is 1.04 bits per heavy atom. The molecule has 0 aliphatic rings. The van der Waals surface area contributed by atoms with Crippen molar-refractivity contribution in [2.45, 2.75) is 13.0 Å². The van der Waals surface area contributed by atoms with E-state index in [4.69, 9.17) is 4.42 Å². The zero-order valence-electron chi connectivity index (χ0n) is 13.1. The van der Waals surface area contributed by atoms with Crippen molar-refractivity contribution in [3.63, 3.8) is 0 Å². The van der Waals surface area contributed by atoms with Crippen LogP contribution in [0.3, 0.4) is 0 Å². The van der Waals surface area contributed by atoms with Crippen LogP contribution in [0.1, 0.15) is 17.3 Å². The number of fused-ring (bicyclic) bond motifs is 1. The maximum atomic E-state index is 13.2. The fraction of sp³-hybridized carbons (Fsp3) is 0.111. The number of hydrogen-bond acceptors (Lipinski definition) is 5. The van der Waals surface area contributed by atoms with Gasteiger partial charge in [0, 0.05) is 6.07 Å². The summed E-state index contributed by atoms with van der Waals surface area (Å²) in [6, 6.07) is 13.7. The van der Waals surface area contributed by atoms with Gasteiger partial charge in [-0.3, -0.25) is 9.36 Å². The van der Waals surface area contributed by atoms with Gasteiger partial charge in [-0.15, -0.1) is 10.2 Å². The molecular weight excluding hydrogens is 323 g/mol. The van der Waals surface area contributed by atoms with E-state index in [9.17, 15) is 9.18 Å². The van der Waals surface area contributed by atoms with Gasteiger partial charge < -0.3 is 4.42 Å². The molecule has 0 aliphatic heterocycles. The Morgan fingerprint density at radius 3 is 2.68 bits per heavy atom. The molecule has 0 radical (unpaired) electrons. The molecule has 4 rings (SSSR count). The number of halogens is 1. The molecule has 0 spiro atoms. The fourth-order valence-electron chi connectivity index (χ4n) is 2.58. The lowest BCUT2D eigenvalue weighted by molar-refractivity contribution is 0.442. The van der Waals surface area contributed by atoms with Crippen LogP contribution in [0.2, 0.25) is 0 Å². The number of benzene rings is 2. The monoisotopic (exact) mass is 336 g/mol. The van der Waals surface area contributed by atoms with Crippen molar-refractivity contribution < 1.29 is 8.81 Å². The maximum Gasteiger partial charge on any atom is 0.261 e. The number of hydrogen-bond donors (Lipinski definition) is 0. The van der Waals surface area contributed by atoms with Crippen LogP contribution in [0, 0.1) is 5.82 Å². The minimum absolute atomic E-state index is 0.112. The lowest BCUT2D eigenvalue weighted by Gasteiger charge is -2.03. The summed E-state index contributed by atoms with van der Waals surface area (Å²) in [5, 5.41) is 8.33. The van der Waals surface area contributed by atoms with Gasteiger partial charge in [0.25, 0.3) is 5.56 Å². The lowest BCUT2D eigenvalue weighted by atomic mass is 10.2. The van der Waals surface area contributed by atoms with E-state index >= 15 is 0 Å². The maximum absolute atomic E-state index is 13.2. The van der Waals surface area contributed by atoms with Crippen LogP contribution >= 0.6 is 0 Å². The van der Waals surface area contributed by atoms with Crippen LogP contribution in [-0.4, -0.2) is 19.7 Å². The molecule has 25 heavy (non-hydrogen) atoms. The zero-order valence-corrected chi connectivity index (χ0v) is 13.1. The Morgan fingerprint density at radius 2 is 1.84 bits per heavy atom. The Hall–Kier alpha value is -3.35. The smallest absolute Gasteiger partial charge is 0.261 e. The van der Waals surface area contributed by atoms with E-state index in [1.807, 2.05) is 30.3 Å². The summed E-state index contributed by atoms with van der Waals surface area (Å²) in [4.78, 5) is 16.6. The molecule has 0 saturated carbocycles. The topological polar surface area (TPSA) is 73.8 Å². The van der Waals surface area contributed by atoms with E-state index < -0.39 is 5.82 Å². The van der Waals surface area contributed by atoms with Gasteiger partial charge in [-0.2, -0.15) is 0 Å². The molecule has 0 unspecified atom stereocenters. The second-order valence-corrected chi connectivity index (χ2v) is 5.59. The fourth-order valence-corrected chi connectivity index (χ4v) is 2.58. The molecule has 2 heterocycles. The Kier molecular flexibility index (Phi) is 3.81. The lowest BCUT2D eigenvalue weighted by Crippen LogP contribution is -2.21. The van der Waals surface area contributed by atoms with Crippen LogP contribution < -0.4 is 5.56 Å². The van der Waals surface area contributed by atoms with E-state index in [1.165, 1.54) is 29.1 Å². The Labute approximate surface area is 141 Å². The summed E-state index contributed by atoms with van der Waals surface area (Å²) in [7, 11) is 0. The summed E-state index contributed by atoms with van der Waals surface area (Å²) in [5.74, 6) is 0.362. The molecule has 124 valence electrons. The first-order valence-corrected chi connectivity index (χ1v) is 7.69. The molecule has 7 heteroatoms. The minimum atomic E-state index is -0.431. The summed E-state index contributed by atoms with van der Waals surface area (Å²) in [6.07, 6.45) is 1.88. The van der Waals surface area contributed by atoms with Gasteiger partial charge >= 0.3 is 0 Å². The van der Waals surface area contributed by atoms with E-state index in [-0.39, 0.29) is 12.1 Å². The summed E-state index contributed by atoms with van der Waals surface area (Å²) in [6.45, 7) is 0.112. The second kappa shape index (κ2) is 6.27. The molecule has 0 amide bonds. The standard InChI is InChI=1S/C18H13FN4O2/c19-13-6-7-14-15(9-13)20-11-23(18(14)24)10-17-22-21-16(25-17)8-12-4-2-1-3-5-12/h1-7,9,11H,8,10H2. The average molecular weight is 336 g/mol. The van der Waals surface area contributed by atoms with Gasteiger partial charge in [-0.05, 0) is 17.7 Å². The predicted molar refractivity (Wildman–Crippen MR) is 88.6 cm³/mol. The molecule has 2 aromatic heterocycles. The minimum Gasteiger partial charge on any atom is -0.423 e. The van der Waals surface area contributed by atoms with Crippen molar-refractivity contribution in [1.29, 1.82) is 0 Å². The largest absolute Gasteiger partial charge is 0.423 e. The molecular formula is C18H13FN4O2. The van der Waals surface area contributed by atoms with E-state index in [2.05, 4.69) is 15.2 Å². The third-order valence-corrected chi connectivity index (χ3v) is 3.80. The highest BCUT2D eigenvalue weighted by Crippen LogP contribution is 2.11. The van der Waals surface area contributed by atoms with Gasteiger partial charge in [-0.1, -0.05) is 30.3 Å². The van der Waals surface area contributed by atoms with Gasteiger partial charge in [0.05, 0.1) is 23.7 Å². The van der Waals surface area contributed by atoms with Crippen LogP contribution in [-0.2, 0) is 13.0 Å². The third kappa shape index (κ3) is 3.16. The van der Waals surface area contributed by atoms with Crippen LogP contribution in [0.15, 0.2) is 64.1 Å². The van der Waals surface area contributed by atoms with E-state index in [0.717, 1.165) is 5.56 Å². The average Bonchev–Trinajstić information content (AvgIpc) is 3.05. The third-order valence-electron chi connectivity index (χ3n) is 3.80. The molecule has 0 atom stereocenters. The van der Waals surface area contributed by atoms with Crippen molar-refractivity contribution in [3.05, 3.63) is 88.4 Å². The summed E-state index contributed by atoms with van der Waals surface area (Å²) >= 11 is 0. The number of rotatable bonds is 4. The number of aromatic nitrogens is 4. The molecule has 0 N–H and O–H groups in total. The van der Waals surface area contributed by atoms with Crippen molar-refractivity contribution in [2.24, 2.45) is 0 Å². The number of nitrogens with zero attached hydrogens (tertiary/aromatic N) is 4. The Balaban J connectivity index is 1.58. The highest BCUT2D eigenvalue weighted by Gasteiger charge is 2.10.